The third-order valence-corrected chi connectivity index (χ3v) is 3.50. The molecule has 7 nitrogen and oxygen atoms in total. The van der Waals surface area contributed by atoms with Gasteiger partial charge in [-0.05, 0) is 19.3 Å². The van der Waals surface area contributed by atoms with E-state index in [-0.39, 0.29) is 23.6 Å². The van der Waals surface area contributed by atoms with E-state index in [1.54, 1.807) is 0 Å². The molecule has 0 aliphatic carbocycles. The van der Waals surface area contributed by atoms with Gasteiger partial charge in [-0.2, -0.15) is 0 Å². The van der Waals surface area contributed by atoms with E-state index >= 15 is 0 Å². The third-order valence-electron chi connectivity index (χ3n) is 3.50. The standard InChI is InChI=1S/C14H23N5O2/c1-4-15-14(21)16-10-5-6-19(8-10)13-17-11(9(2)3)7-12(20)18-13/h7,9-10H,4-6,8H2,1-3H3,(H2,15,16,21)(H,17,18,20). The van der Waals surface area contributed by atoms with Gasteiger partial charge in [-0.3, -0.25) is 9.78 Å². The van der Waals surface area contributed by atoms with Gasteiger partial charge in [0.05, 0.1) is 5.69 Å². The Bertz CT molecular complexity index is 555. The number of rotatable bonds is 4. The lowest BCUT2D eigenvalue weighted by Gasteiger charge is -2.18. The quantitative estimate of drug-likeness (QED) is 0.765. The molecule has 1 unspecified atom stereocenters. The fourth-order valence-corrected chi connectivity index (χ4v) is 2.38. The molecule has 7 heteroatoms. The van der Waals surface area contributed by atoms with Gasteiger partial charge in [0.2, 0.25) is 5.95 Å². The van der Waals surface area contributed by atoms with Gasteiger partial charge in [0.25, 0.3) is 5.56 Å². The number of urea groups is 1. The third kappa shape index (κ3) is 3.96. The monoisotopic (exact) mass is 293 g/mol. The zero-order valence-corrected chi connectivity index (χ0v) is 12.8. The van der Waals surface area contributed by atoms with Crippen LogP contribution in [-0.2, 0) is 0 Å². The number of aromatic nitrogens is 2. The molecule has 1 atom stereocenters. The van der Waals surface area contributed by atoms with E-state index in [0.717, 1.165) is 18.7 Å². The fraction of sp³-hybridized carbons (Fsp3) is 0.643. The highest BCUT2D eigenvalue weighted by atomic mass is 16.2. The predicted octanol–water partition coefficient (Wildman–Crippen LogP) is 0.791. The van der Waals surface area contributed by atoms with Crippen LogP contribution < -0.4 is 21.1 Å². The molecule has 0 bridgehead atoms. The summed E-state index contributed by atoms with van der Waals surface area (Å²) in [5.41, 5.74) is 0.651. The lowest BCUT2D eigenvalue weighted by Crippen LogP contribution is -2.43. The zero-order chi connectivity index (χ0) is 15.4. The van der Waals surface area contributed by atoms with Crippen LogP contribution >= 0.6 is 0 Å². The number of hydrogen-bond donors (Lipinski definition) is 3. The second kappa shape index (κ2) is 6.60. The molecule has 116 valence electrons. The molecule has 2 rings (SSSR count). The Balaban J connectivity index is 2.04. The van der Waals surface area contributed by atoms with Crippen molar-refractivity contribution in [2.45, 2.75) is 39.2 Å². The molecule has 0 aromatic carbocycles. The smallest absolute Gasteiger partial charge is 0.315 e. The van der Waals surface area contributed by atoms with Crippen LogP contribution in [0.5, 0.6) is 0 Å². The van der Waals surface area contributed by atoms with Gasteiger partial charge in [0, 0.05) is 31.7 Å². The summed E-state index contributed by atoms with van der Waals surface area (Å²) in [6.07, 6.45) is 0.840. The Hall–Kier alpha value is -2.05. The number of anilines is 1. The van der Waals surface area contributed by atoms with Gasteiger partial charge in [-0.25, -0.2) is 9.78 Å². The summed E-state index contributed by atoms with van der Waals surface area (Å²) in [5, 5.41) is 5.64. The molecule has 2 heterocycles. The first kappa shape index (κ1) is 15.3. The Morgan fingerprint density at radius 1 is 1.57 bits per heavy atom. The van der Waals surface area contributed by atoms with Crippen LogP contribution in [0.2, 0.25) is 0 Å². The molecule has 1 fully saturated rings. The van der Waals surface area contributed by atoms with Crippen molar-refractivity contribution in [2.75, 3.05) is 24.5 Å². The van der Waals surface area contributed by atoms with Crippen molar-refractivity contribution >= 4 is 12.0 Å². The molecule has 1 aromatic heterocycles. The van der Waals surface area contributed by atoms with Crippen molar-refractivity contribution < 1.29 is 4.79 Å². The Labute approximate surface area is 124 Å². The highest BCUT2D eigenvalue weighted by molar-refractivity contribution is 5.74. The number of hydrogen-bond acceptors (Lipinski definition) is 4. The lowest BCUT2D eigenvalue weighted by atomic mass is 10.1. The van der Waals surface area contributed by atoms with Crippen LogP contribution in [0, 0.1) is 0 Å². The maximum Gasteiger partial charge on any atom is 0.315 e. The van der Waals surface area contributed by atoms with Gasteiger partial charge in [-0.15, -0.1) is 0 Å². The Kier molecular flexibility index (Phi) is 4.82. The number of aromatic amines is 1. The number of carbonyl (C=O) groups excluding carboxylic acids is 1. The van der Waals surface area contributed by atoms with Gasteiger partial charge in [0.1, 0.15) is 0 Å². The first-order chi connectivity index (χ1) is 9.99. The minimum Gasteiger partial charge on any atom is -0.340 e. The van der Waals surface area contributed by atoms with Crippen molar-refractivity contribution in [3.8, 4) is 0 Å². The topological polar surface area (TPSA) is 90.1 Å². The number of amides is 2. The molecule has 0 spiro atoms. The molecular weight excluding hydrogens is 270 g/mol. The van der Waals surface area contributed by atoms with Gasteiger partial charge in [-0.1, -0.05) is 13.8 Å². The molecule has 1 aliphatic heterocycles. The van der Waals surface area contributed by atoms with Crippen LogP contribution in [0.15, 0.2) is 10.9 Å². The minimum atomic E-state index is -0.151. The maximum atomic E-state index is 11.7. The average Bonchev–Trinajstić information content (AvgIpc) is 2.86. The van der Waals surface area contributed by atoms with Crippen molar-refractivity contribution in [1.29, 1.82) is 0 Å². The van der Waals surface area contributed by atoms with Crippen LogP contribution in [0.3, 0.4) is 0 Å². The molecule has 1 saturated heterocycles. The predicted molar refractivity (Wildman–Crippen MR) is 81.8 cm³/mol. The van der Waals surface area contributed by atoms with Crippen LogP contribution in [0.25, 0.3) is 0 Å². The van der Waals surface area contributed by atoms with E-state index in [1.807, 2.05) is 25.7 Å². The second-order valence-corrected chi connectivity index (χ2v) is 5.58. The maximum absolute atomic E-state index is 11.7. The summed E-state index contributed by atoms with van der Waals surface area (Å²) in [6, 6.07) is 1.46. The van der Waals surface area contributed by atoms with Crippen molar-refractivity contribution in [1.82, 2.24) is 20.6 Å². The summed E-state index contributed by atoms with van der Waals surface area (Å²) in [5.74, 6) is 0.796. The van der Waals surface area contributed by atoms with Gasteiger partial charge >= 0.3 is 6.03 Å². The summed E-state index contributed by atoms with van der Waals surface area (Å²) in [4.78, 5) is 32.5. The molecule has 1 aliphatic rings. The van der Waals surface area contributed by atoms with Crippen LogP contribution in [0.4, 0.5) is 10.7 Å². The SMILES string of the molecule is CCNC(=O)NC1CCN(c2nc(C(C)C)cc(=O)[nH]2)C1. The Morgan fingerprint density at radius 3 is 3.00 bits per heavy atom. The van der Waals surface area contributed by atoms with E-state index in [2.05, 4.69) is 20.6 Å². The van der Waals surface area contributed by atoms with Gasteiger partial charge in [0.15, 0.2) is 0 Å². The van der Waals surface area contributed by atoms with Crippen LogP contribution in [-0.4, -0.2) is 41.7 Å². The van der Waals surface area contributed by atoms with Crippen molar-refractivity contribution in [2.24, 2.45) is 0 Å². The molecule has 3 N–H and O–H groups in total. The highest BCUT2D eigenvalue weighted by Crippen LogP contribution is 2.17. The molecule has 2 amide bonds. The first-order valence-corrected chi connectivity index (χ1v) is 7.40. The summed E-state index contributed by atoms with van der Waals surface area (Å²) >= 11 is 0. The van der Waals surface area contributed by atoms with Crippen molar-refractivity contribution in [3.63, 3.8) is 0 Å². The zero-order valence-electron chi connectivity index (χ0n) is 12.8. The van der Waals surface area contributed by atoms with Crippen LogP contribution in [0.1, 0.15) is 38.8 Å². The molecular formula is C14H23N5O2. The van der Waals surface area contributed by atoms with E-state index in [1.165, 1.54) is 6.07 Å². The minimum absolute atomic E-state index is 0.0737. The van der Waals surface area contributed by atoms with E-state index in [9.17, 15) is 9.59 Å². The highest BCUT2D eigenvalue weighted by Gasteiger charge is 2.25. The molecule has 0 saturated carbocycles. The first-order valence-electron chi connectivity index (χ1n) is 7.40. The Morgan fingerprint density at radius 2 is 2.33 bits per heavy atom. The molecule has 0 radical (unpaired) electrons. The average molecular weight is 293 g/mol. The molecule has 21 heavy (non-hydrogen) atoms. The number of carbonyl (C=O) groups is 1. The normalized spacial score (nSPS) is 18.1. The van der Waals surface area contributed by atoms with E-state index in [4.69, 9.17) is 0 Å². The number of nitrogens with one attached hydrogen (secondary N) is 3. The van der Waals surface area contributed by atoms with Crippen molar-refractivity contribution in [3.05, 3.63) is 22.1 Å². The lowest BCUT2D eigenvalue weighted by molar-refractivity contribution is 0.238. The summed E-state index contributed by atoms with van der Waals surface area (Å²) < 4.78 is 0. The summed E-state index contributed by atoms with van der Waals surface area (Å²) in [6.45, 7) is 7.92. The number of nitrogens with zero attached hydrogens (tertiary/aromatic N) is 2. The molecule has 1 aromatic rings. The van der Waals surface area contributed by atoms with Gasteiger partial charge < -0.3 is 15.5 Å². The second-order valence-electron chi connectivity index (χ2n) is 5.58. The summed E-state index contributed by atoms with van der Waals surface area (Å²) in [7, 11) is 0. The van der Waals surface area contributed by atoms with E-state index < -0.39 is 0 Å². The number of H-pyrrole nitrogens is 1. The van der Waals surface area contributed by atoms with E-state index in [0.29, 0.717) is 19.0 Å². The largest absolute Gasteiger partial charge is 0.340 e. The fourth-order valence-electron chi connectivity index (χ4n) is 2.38.